The van der Waals surface area contributed by atoms with Gasteiger partial charge in [0.25, 0.3) is 0 Å². The van der Waals surface area contributed by atoms with Crippen molar-refractivity contribution in [1.82, 2.24) is 19.8 Å². The fraction of sp³-hybridized carbons (Fsp3) is 0.400. The number of hydrogen-bond acceptors (Lipinski definition) is 6. The van der Waals surface area contributed by atoms with E-state index in [-0.39, 0.29) is 17.8 Å². The zero-order valence-electron chi connectivity index (χ0n) is 13.5. The Morgan fingerprint density at radius 1 is 1.44 bits per heavy atom. The molecule has 0 bridgehead atoms. The van der Waals surface area contributed by atoms with Crippen LogP contribution in [0.2, 0.25) is 10.0 Å². The molecule has 3 rings (SSSR count). The highest BCUT2D eigenvalue weighted by molar-refractivity contribution is 7.99. The molecule has 2 N–H and O–H groups in total. The SMILES string of the molecule is CC1CN(C(=O)CSc2nnc(-c3ccc(Cl)cc3Cl)n2N)CCO1. The maximum atomic E-state index is 12.3. The van der Waals surface area contributed by atoms with Crippen LogP contribution in [0.25, 0.3) is 11.4 Å². The Morgan fingerprint density at radius 2 is 2.24 bits per heavy atom. The molecule has 1 aliphatic rings. The molecule has 1 amide bonds. The van der Waals surface area contributed by atoms with Crippen molar-refractivity contribution in [1.29, 1.82) is 0 Å². The summed E-state index contributed by atoms with van der Waals surface area (Å²) in [5.41, 5.74) is 0.626. The molecule has 1 atom stereocenters. The van der Waals surface area contributed by atoms with E-state index in [1.54, 1.807) is 23.1 Å². The molecule has 0 spiro atoms. The van der Waals surface area contributed by atoms with E-state index in [0.29, 0.717) is 46.3 Å². The summed E-state index contributed by atoms with van der Waals surface area (Å²) in [6, 6.07) is 5.04. The summed E-state index contributed by atoms with van der Waals surface area (Å²) < 4.78 is 6.77. The minimum atomic E-state index is 0.0224. The van der Waals surface area contributed by atoms with E-state index >= 15 is 0 Å². The fourth-order valence-corrected chi connectivity index (χ4v) is 3.74. The lowest BCUT2D eigenvalue weighted by Crippen LogP contribution is -2.45. The van der Waals surface area contributed by atoms with Gasteiger partial charge in [0.05, 0.1) is 23.5 Å². The molecule has 0 radical (unpaired) electrons. The van der Waals surface area contributed by atoms with Gasteiger partial charge in [0.2, 0.25) is 11.1 Å². The summed E-state index contributed by atoms with van der Waals surface area (Å²) in [7, 11) is 0. The average Bonchev–Trinajstić information content (AvgIpc) is 2.93. The van der Waals surface area contributed by atoms with E-state index in [9.17, 15) is 4.79 Å². The van der Waals surface area contributed by atoms with Crippen molar-refractivity contribution < 1.29 is 9.53 Å². The number of carbonyl (C=O) groups excluding carboxylic acids is 1. The highest BCUT2D eigenvalue weighted by Gasteiger charge is 2.22. The molecule has 1 aromatic heterocycles. The van der Waals surface area contributed by atoms with Gasteiger partial charge in [-0.3, -0.25) is 4.79 Å². The first-order chi connectivity index (χ1) is 12.0. The van der Waals surface area contributed by atoms with Crippen LogP contribution in [-0.2, 0) is 9.53 Å². The quantitative estimate of drug-likeness (QED) is 0.624. The van der Waals surface area contributed by atoms with Gasteiger partial charge in [0.1, 0.15) is 0 Å². The van der Waals surface area contributed by atoms with E-state index < -0.39 is 0 Å². The van der Waals surface area contributed by atoms with Crippen LogP contribution in [0.15, 0.2) is 23.4 Å². The first-order valence-corrected chi connectivity index (χ1v) is 9.38. The average molecular weight is 402 g/mol. The van der Waals surface area contributed by atoms with Crippen LogP contribution in [0.5, 0.6) is 0 Å². The maximum absolute atomic E-state index is 12.3. The van der Waals surface area contributed by atoms with Crippen molar-refractivity contribution in [2.75, 3.05) is 31.3 Å². The Bertz CT molecular complexity index is 785. The Morgan fingerprint density at radius 3 is 2.96 bits per heavy atom. The van der Waals surface area contributed by atoms with Crippen molar-refractivity contribution >= 4 is 40.9 Å². The molecule has 1 aliphatic heterocycles. The van der Waals surface area contributed by atoms with E-state index in [4.69, 9.17) is 33.8 Å². The van der Waals surface area contributed by atoms with Crippen LogP contribution in [0.1, 0.15) is 6.92 Å². The van der Waals surface area contributed by atoms with Gasteiger partial charge in [-0.25, -0.2) is 4.68 Å². The first-order valence-electron chi connectivity index (χ1n) is 7.64. The van der Waals surface area contributed by atoms with Crippen LogP contribution < -0.4 is 5.84 Å². The van der Waals surface area contributed by atoms with Gasteiger partial charge in [0, 0.05) is 23.7 Å². The molecule has 0 aliphatic carbocycles. The first kappa shape index (κ1) is 18.3. The van der Waals surface area contributed by atoms with E-state index in [2.05, 4.69) is 10.2 Å². The minimum Gasteiger partial charge on any atom is -0.375 e. The van der Waals surface area contributed by atoms with Crippen molar-refractivity contribution in [3.8, 4) is 11.4 Å². The van der Waals surface area contributed by atoms with E-state index in [1.165, 1.54) is 16.4 Å². The largest absolute Gasteiger partial charge is 0.375 e. The van der Waals surface area contributed by atoms with Crippen LogP contribution >= 0.6 is 35.0 Å². The van der Waals surface area contributed by atoms with Crippen LogP contribution in [0.4, 0.5) is 0 Å². The molecule has 7 nitrogen and oxygen atoms in total. The lowest BCUT2D eigenvalue weighted by molar-refractivity contribution is -0.135. The van der Waals surface area contributed by atoms with Gasteiger partial charge in [-0.15, -0.1) is 10.2 Å². The predicted octanol–water partition coefficient (Wildman–Crippen LogP) is 2.31. The molecule has 1 fully saturated rings. The van der Waals surface area contributed by atoms with Gasteiger partial charge < -0.3 is 15.5 Å². The third-order valence-electron chi connectivity index (χ3n) is 3.76. The second-order valence-electron chi connectivity index (χ2n) is 5.61. The molecule has 10 heteroatoms. The zero-order chi connectivity index (χ0) is 18.0. The molecule has 1 unspecified atom stereocenters. The molecular weight excluding hydrogens is 385 g/mol. The third kappa shape index (κ3) is 4.20. The molecule has 134 valence electrons. The smallest absolute Gasteiger partial charge is 0.233 e. The van der Waals surface area contributed by atoms with E-state index in [1.807, 2.05) is 6.92 Å². The Kier molecular flexibility index (Phi) is 5.73. The molecule has 1 aromatic carbocycles. The number of hydrogen-bond donors (Lipinski definition) is 1. The number of aromatic nitrogens is 3. The molecule has 0 saturated carbocycles. The number of carbonyl (C=O) groups is 1. The third-order valence-corrected chi connectivity index (χ3v) is 5.23. The summed E-state index contributed by atoms with van der Waals surface area (Å²) >= 11 is 13.3. The number of nitrogens with zero attached hydrogens (tertiary/aromatic N) is 4. The normalized spacial score (nSPS) is 17.7. The topological polar surface area (TPSA) is 86.3 Å². The predicted molar refractivity (Wildman–Crippen MR) is 98.3 cm³/mol. The lowest BCUT2D eigenvalue weighted by Gasteiger charge is -2.31. The number of ether oxygens (including phenoxy) is 1. The summed E-state index contributed by atoms with van der Waals surface area (Å²) in [5.74, 6) is 6.73. The number of thioether (sulfide) groups is 1. The number of morpholine rings is 1. The Balaban J connectivity index is 1.68. The highest BCUT2D eigenvalue weighted by atomic mass is 35.5. The minimum absolute atomic E-state index is 0.0224. The van der Waals surface area contributed by atoms with Gasteiger partial charge >= 0.3 is 0 Å². The molecule has 25 heavy (non-hydrogen) atoms. The monoisotopic (exact) mass is 401 g/mol. The number of nitrogens with two attached hydrogens (primary N) is 1. The highest BCUT2D eigenvalue weighted by Crippen LogP contribution is 2.30. The number of rotatable bonds is 4. The van der Waals surface area contributed by atoms with Crippen molar-refractivity contribution in [2.45, 2.75) is 18.2 Å². The van der Waals surface area contributed by atoms with Crippen molar-refractivity contribution in [3.05, 3.63) is 28.2 Å². The van der Waals surface area contributed by atoms with Gasteiger partial charge in [0.15, 0.2) is 5.82 Å². The summed E-state index contributed by atoms with van der Waals surface area (Å²) in [6.45, 7) is 3.71. The zero-order valence-corrected chi connectivity index (χ0v) is 15.8. The van der Waals surface area contributed by atoms with Gasteiger partial charge in [-0.05, 0) is 25.1 Å². The molecule has 2 aromatic rings. The van der Waals surface area contributed by atoms with Gasteiger partial charge in [-0.1, -0.05) is 35.0 Å². The number of halogens is 2. The molecular formula is C15H17Cl2N5O2S. The summed E-state index contributed by atoms with van der Waals surface area (Å²) in [4.78, 5) is 14.1. The second-order valence-corrected chi connectivity index (χ2v) is 7.40. The standard InChI is InChI=1S/C15H17Cl2N5O2S/c1-9-7-21(4-5-24-9)13(23)8-25-15-20-19-14(22(15)18)11-3-2-10(16)6-12(11)17/h2-3,6,9H,4-5,7-8,18H2,1H3. The van der Waals surface area contributed by atoms with Crippen molar-refractivity contribution in [3.63, 3.8) is 0 Å². The Labute approximate surface area is 159 Å². The number of nitrogen functional groups attached to an aromatic ring is 1. The fourth-order valence-electron chi connectivity index (χ4n) is 2.49. The lowest BCUT2D eigenvalue weighted by atomic mass is 10.2. The van der Waals surface area contributed by atoms with E-state index in [0.717, 1.165) is 0 Å². The Hall–Kier alpha value is -1.48. The van der Waals surface area contributed by atoms with Gasteiger partial charge in [-0.2, -0.15) is 0 Å². The van der Waals surface area contributed by atoms with Crippen LogP contribution in [0.3, 0.4) is 0 Å². The summed E-state index contributed by atoms with van der Waals surface area (Å²) in [5, 5.41) is 9.52. The van der Waals surface area contributed by atoms with Crippen molar-refractivity contribution in [2.24, 2.45) is 0 Å². The van der Waals surface area contributed by atoms with Crippen LogP contribution in [-0.4, -0.2) is 57.2 Å². The maximum Gasteiger partial charge on any atom is 0.233 e. The number of amides is 1. The molecule has 2 heterocycles. The molecule has 1 saturated heterocycles. The van der Waals surface area contributed by atoms with Crippen LogP contribution in [0, 0.1) is 0 Å². The number of benzene rings is 1. The second kappa shape index (κ2) is 7.82. The summed E-state index contributed by atoms with van der Waals surface area (Å²) in [6.07, 6.45) is 0.0551.